The molecule has 1 heterocycles. The summed E-state index contributed by atoms with van der Waals surface area (Å²) in [5, 5.41) is 12.0. The highest BCUT2D eigenvalue weighted by molar-refractivity contribution is 6.33. The first-order valence-electron chi connectivity index (χ1n) is 11.5. The van der Waals surface area contributed by atoms with E-state index in [0.29, 0.717) is 35.1 Å². The second kappa shape index (κ2) is 11.1. The van der Waals surface area contributed by atoms with Gasteiger partial charge in [-0.05, 0) is 48.5 Å². The molecule has 8 nitrogen and oxygen atoms in total. The number of carbonyl (C=O) groups is 2. The third kappa shape index (κ3) is 5.78. The largest absolute Gasteiger partial charge is 0.492 e. The number of carboxylic acid groups (broad SMARTS) is 1. The van der Waals surface area contributed by atoms with Gasteiger partial charge in [-0.15, -0.1) is 0 Å². The fraction of sp³-hybridized carbons (Fsp3) is 0.222. The zero-order valence-corrected chi connectivity index (χ0v) is 20.8. The standard InChI is InChI=1S/C27H27ClN4O4/c1-31(2)19-9-10-21(22(28)17-19)26-30-23-16-18(27(35)29-13-12-25(33)34)8-11-24(23)32(26)14-15-36-20-6-4-3-5-7-20/h3-11,16-17H,12-15H2,1-2H3,(H,29,35)(H,33,34). The monoisotopic (exact) mass is 506 g/mol. The average molecular weight is 507 g/mol. The van der Waals surface area contributed by atoms with Crippen molar-refractivity contribution in [2.24, 2.45) is 0 Å². The van der Waals surface area contributed by atoms with Crippen LogP contribution in [0.3, 0.4) is 0 Å². The summed E-state index contributed by atoms with van der Waals surface area (Å²) >= 11 is 6.68. The molecule has 4 rings (SSSR count). The Hall–Kier alpha value is -4.04. The van der Waals surface area contributed by atoms with Crippen LogP contribution in [-0.2, 0) is 11.3 Å². The van der Waals surface area contributed by atoms with E-state index in [1.165, 1.54) is 0 Å². The van der Waals surface area contributed by atoms with Crippen LogP contribution in [0.4, 0.5) is 5.69 Å². The van der Waals surface area contributed by atoms with Gasteiger partial charge in [0.1, 0.15) is 18.2 Å². The van der Waals surface area contributed by atoms with Crippen molar-refractivity contribution >= 4 is 40.2 Å². The summed E-state index contributed by atoms with van der Waals surface area (Å²) in [4.78, 5) is 30.1. The number of aliphatic carboxylic acids is 1. The van der Waals surface area contributed by atoms with Gasteiger partial charge < -0.3 is 24.6 Å². The molecular weight excluding hydrogens is 480 g/mol. The van der Waals surface area contributed by atoms with Crippen LogP contribution in [0.5, 0.6) is 5.75 Å². The highest BCUT2D eigenvalue weighted by Gasteiger charge is 2.18. The Morgan fingerprint density at radius 3 is 2.56 bits per heavy atom. The lowest BCUT2D eigenvalue weighted by Gasteiger charge is -2.15. The van der Waals surface area contributed by atoms with E-state index in [9.17, 15) is 9.59 Å². The Morgan fingerprint density at radius 2 is 1.86 bits per heavy atom. The second-order valence-corrected chi connectivity index (χ2v) is 8.82. The molecule has 1 aromatic heterocycles. The number of anilines is 1. The Kier molecular flexibility index (Phi) is 7.75. The molecule has 0 radical (unpaired) electrons. The van der Waals surface area contributed by atoms with Gasteiger partial charge >= 0.3 is 5.97 Å². The quantitative estimate of drug-likeness (QED) is 0.323. The molecule has 0 fully saturated rings. The smallest absolute Gasteiger partial charge is 0.305 e. The van der Waals surface area contributed by atoms with E-state index in [0.717, 1.165) is 22.5 Å². The van der Waals surface area contributed by atoms with Gasteiger partial charge in [-0.1, -0.05) is 29.8 Å². The number of rotatable bonds is 10. The lowest BCUT2D eigenvalue weighted by atomic mass is 10.2. The summed E-state index contributed by atoms with van der Waals surface area (Å²) in [6.07, 6.45) is -0.143. The number of halogens is 1. The van der Waals surface area contributed by atoms with E-state index in [1.54, 1.807) is 12.1 Å². The minimum absolute atomic E-state index is 0.0521. The molecule has 0 atom stereocenters. The number of fused-ring (bicyclic) bond motifs is 1. The number of benzene rings is 3. The first kappa shape index (κ1) is 25.1. The van der Waals surface area contributed by atoms with Crippen molar-refractivity contribution < 1.29 is 19.4 Å². The molecule has 0 spiro atoms. The predicted octanol–water partition coefficient (Wildman–Crippen LogP) is 4.71. The lowest BCUT2D eigenvalue weighted by molar-refractivity contribution is -0.136. The summed E-state index contributed by atoms with van der Waals surface area (Å²) < 4.78 is 7.95. The molecule has 1 amide bonds. The Morgan fingerprint density at radius 1 is 1.08 bits per heavy atom. The predicted molar refractivity (Wildman–Crippen MR) is 141 cm³/mol. The first-order valence-corrected chi connectivity index (χ1v) is 11.9. The van der Waals surface area contributed by atoms with Crippen LogP contribution in [0.1, 0.15) is 16.8 Å². The van der Waals surface area contributed by atoms with Crippen molar-refractivity contribution in [3.63, 3.8) is 0 Å². The van der Waals surface area contributed by atoms with Gasteiger partial charge in [0, 0.05) is 37.5 Å². The molecule has 0 aliphatic carbocycles. The molecule has 186 valence electrons. The molecule has 0 saturated carbocycles. The van der Waals surface area contributed by atoms with Crippen LogP contribution in [-0.4, -0.2) is 53.8 Å². The van der Waals surface area contributed by atoms with Crippen molar-refractivity contribution in [2.45, 2.75) is 13.0 Å². The Balaban J connectivity index is 1.68. The van der Waals surface area contributed by atoms with Crippen molar-refractivity contribution in [3.8, 4) is 17.1 Å². The van der Waals surface area contributed by atoms with E-state index < -0.39 is 5.97 Å². The van der Waals surface area contributed by atoms with Crippen molar-refractivity contribution in [1.29, 1.82) is 0 Å². The number of ether oxygens (including phenoxy) is 1. The molecular formula is C27H27ClN4O4. The maximum atomic E-state index is 12.5. The van der Waals surface area contributed by atoms with Crippen molar-refractivity contribution in [1.82, 2.24) is 14.9 Å². The van der Waals surface area contributed by atoms with Gasteiger partial charge in [-0.2, -0.15) is 0 Å². The molecule has 0 aliphatic heterocycles. The number of hydrogen-bond donors (Lipinski definition) is 2. The highest BCUT2D eigenvalue weighted by Crippen LogP contribution is 2.33. The molecule has 4 aromatic rings. The average Bonchev–Trinajstić information content (AvgIpc) is 3.21. The molecule has 0 saturated heterocycles. The fourth-order valence-corrected chi connectivity index (χ4v) is 4.08. The molecule has 0 bridgehead atoms. The van der Waals surface area contributed by atoms with E-state index in [2.05, 4.69) is 5.32 Å². The summed E-state index contributed by atoms with van der Waals surface area (Å²) in [6, 6.07) is 20.6. The Labute approximate surface area is 214 Å². The molecule has 3 aromatic carbocycles. The summed E-state index contributed by atoms with van der Waals surface area (Å²) in [5.74, 6) is 0.122. The summed E-state index contributed by atoms with van der Waals surface area (Å²) in [5.41, 5.74) is 3.60. The van der Waals surface area contributed by atoms with Crippen LogP contribution in [0.15, 0.2) is 66.7 Å². The first-order chi connectivity index (χ1) is 17.3. The maximum absolute atomic E-state index is 12.5. The number of amides is 1. The summed E-state index contributed by atoms with van der Waals surface area (Å²) in [6.45, 7) is 0.973. The second-order valence-electron chi connectivity index (χ2n) is 8.41. The number of hydrogen-bond acceptors (Lipinski definition) is 5. The third-order valence-electron chi connectivity index (χ3n) is 5.67. The fourth-order valence-electron chi connectivity index (χ4n) is 3.82. The molecule has 2 N–H and O–H groups in total. The topological polar surface area (TPSA) is 96.7 Å². The number of nitrogens with one attached hydrogen (secondary N) is 1. The van der Waals surface area contributed by atoms with Gasteiger partial charge in [0.15, 0.2) is 0 Å². The Bertz CT molecular complexity index is 1390. The van der Waals surface area contributed by atoms with Gasteiger partial charge in [0.05, 0.1) is 29.0 Å². The van der Waals surface area contributed by atoms with E-state index in [4.69, 9.17) is 26.4 Å². The molecule has 36 heavy (non-hydrogen) atoms. The zero-order valence-electron chi connectivity index (χ0n) is 20.1. The van der Waals surface area contributed by atoms with Crippen LogP contribution in [0.25, 0.3) is 22.4 Å². The van der Waals surface area contributed by atoms with Gasteiger partial charge in [0.2, 0.25) is 0 Å². The SMILES string of the molecule is CN(C)c1ccc(-c2nc3cc(C(=O)NCCC(=O)O)ccc3n2CCOc2ccccc2)c(Cl)c1. The zero-order chi connectivity index (χ0) is 25.7. The maximum Gasteiger partial charge on any atom is 0.305 e. The number of aromatic nitrogens is 2. The van der Waals surface area contributed by atoms with Crippen LogP contribution in [0, 0.1) is 0 Å². The van der Waals surface area contributed by atoms with Gasteiger partial charge in [0.25, 0.3) is 5.91 Å². The van der Waals surface area contributed by atoms with Crippen LogP contribution >= 0.6 is 11.6 Å². The van der Waals surface area contributed by atoms with E-state index in [1.807, 2.05) is 78.2 Å². The normalized spacial score (nSPS) is 10.9. The van der Waals surface area contributed by atoms with Crippen LogP contribution < -0.4 is 15.0 Å². The number of carboxylic acids is 1. The van der Waals surface area contributed by atoms with Gasteiger partial charge in [-0.3, -0.25) is 9.59 Å². The van der Waals surface area contributed by atoms with E-state index in [-0.39, 0.29) is 18.9 Å². The molecule has 9 heteroatoms. The highest BCUT2D eigenvalue weighted by atomic mass is 35.5. The van der Waals surface area contributed by atoms with Gasteiger partial charge in [-0.25, -0.2) is 4.98 Å². The van der Waals surface area contributed by atoms with Crippen molar-refractivity contribution in [2.75, 3.05) is 32.1 Å². The minimum atomic E-state index is -0.968. The number of para-hydroxylation sites is 1. The lowest BCUT2D eigenvalue weighted by Crippen LogP contribution is -2.25. The molecule has 0 aliphatic rings. The van der Waals surface area contributed by atoms with Crippen molar-refractivity contribution in [3.05, 3.63) is 77.3 Å². The number of nitrogens with zero attached hydrogens (tertiary/aromatic N) is 3. The third-order valence-corrected chi connectivity index (χ3v) is 5.98. The number of carbonyl (C=O) groups excluding carboxylic acids is 1. The van der Waals surface area contributed by atoms with Crippen LogP contribution in [0.2, 0.25) is 5.02 Å². The molecule has 0 unspecified atom stereocenters. The number of imidazole rings is 1. The van der Waals surface area contributed by atoms with E-state index >= 15 is 0 Å². The summed E-state index contributed by atoms with van der Waals surface area (Å²) in [7, 11) is 3.90. The minimum Gasteiger partial charge on any atom is -0.492 e.